The third kappa shape index (κ3) is 6.59. The van der Waals surface area contributed by atoms with E-state index in [1.165, 1.54) is 11.0 Å². The number of carbonyl (C=O) groups is 2. The first-order chi connectivity index (χ1) is 13.8. The molecule has 0 unspecified atom stereocenters. The van der Waals surface area contributed by atoms with E-state index in [-0.39, 0.29) is 30.9 Å². The smallest absolute Gasteiger partial charge is 0.261 e. The highest BCUT2D eigenvalue weighted by molar-refractivity contribution is 5.88. The molecular formula is C23H29FN2O3. The topological polar surface area (TPSA) is 58.6 Å². The summed E-state index contributed by atoms with van der Waals surface area (Å²) in [6, 6.07) is 12.9. The molecule has 0 spiro atoms. The molecular weight excluding hydrogens is 371 g/mol. The Labute approximate surface area is 171 Å². The summed E-state index contributed by atoms with van der Waals surface area (Å²) in [4.78, 5) is 26.8. The average molecular weight is 400 g/mol. The average Bonchev–Trinajstić information content (AvgIpc) is 2.70. The second-order valence-corrected chi connectivity index (χ2v) is 7.48. The quantitative estimate of drug-likeness (QED) is 0.698. The first-order valence-electron chi connectivity index (χ1n) is 9.78. The normalized spacial score (nSPS) is 11.8. The molecule has 0 aliphatic carbocycles. The van der Waals surface area contributed by atoms with Gasteiger partial charge >= 0.3 is 0 Å². The summed E-state index contributed by atoms with van der Waals surface area (Å²) in [7, 11) is 0. The first-order valence-corrected chi connectivity index (χ1v) is 9.78. The molecule has 0 fully saturated rings. The van der Waals surface area contributed by atoms with Crippen molar-refractivity contribution in [1.82, 2.24) is 10.2 Å². The minimum absolute atomic E-state index is 0.0150. The number of ether oxygens (including phenoxy) is 1. The van der Waals surface area contributed by atoms with Gasteiger partial charge in [-0.25, -0.2) is 4.39 Å². The maximum atomic E-state index is 14.2. The monoisotopic (exact) mass is 400 g/mol. The minimum Gasteiger partial charge on any atom is -0.484 e. The van der Waals surface area contributed by atoms with Crippen molar-refractivity contribution >= 4 is 11.8 Å². The van der Waals surface area contributed by atoms with Gasteiger partial charge in [0, 0.05) is 18.7 Å². The van der Waals surface area contributed by atoms with Crippen molar-refractivity contribution in [3.8, 4) is 5.75 Å². The number of benzene rings is 2. The van der Waals surface area contributed by atoms with Crippen LogP contribution in [0.5, 0.6) is 5.75 Å². The maximum Gasteiger partial charge on any atom is 0.261 e. The zero-order valence-corrected chi connectivity index (χ0v) is 17.4. The molecule has 6 heteroatoms. The number of nitrogens with zero attached hydrogens (tertiary/aromatic N) is 1. The van der Waals surface area contributed by atoms with Crippen molar-refractivity contribution in [2.45, 2.75) is 40.3 Å². The van der Waals surface area contributed by atoms with E-state index in [0.717, 1.165) is 5.56 Å². The van der Waals surface area contributed by atoms with Crippen molar-refractivity contribution in [3.05, 3.63) is 65.5 Å². The number of nitrogens with one attached hydrogen (secondary N) is 1. The molecule has 0 bridgehead atoms. The van der Waals surface area contributed by atoms with Crippen LogP contribution in [0.15, 0.2) is 48.5 Å². The number of hydrogen-bond donors (Lipinski definition) is 1. The molecule has 2 rings (SSSR count). The van der Waals surface area contributed by atoms with E-state index in [1.807, 2.05) is 39.0 Å². The first kappa shape index (κ1) is 22.4. The Morgan fingerprint density at radius 1 is 1.07 bits per heavy atom. The van der Waals surface area contributed by atoms with Crippen molar-refractivity contribution in [2.75, 3.05) is 13.2 Å². The Bertz CT molecular complexity index is 838. The molecule has 2 aromatic rings. The molecule has 0 aliphatic heterocycles. The van der Waals surface area contributed by atoms with Gasteiger partial charge in [0.1, 0.15) is 17.6 Å². The highest BCUT2D eigenvalue weighted by Crippen LogP contribution is 2.17. The lowest BCUT2D eigenvalue weighted by molar-refractivity contribution is -0.142. The summed E-state index contributed by atoms with van der Waals surface area (Å²) < 4.78 is 19.8. The van der Waals surface area contributed by atoms with Crippen LogP contribution in [0.2, 0.25) is 0 Å². The molecule has 29 heavy (non-hydrogen) atoms. The summed E-state index contributed by atoms with van der Waals surface area (Å²) in [5, 5.41) is 2.83. The van der Waals surface area contributed by atoms with E-state index >= 15 is 0 Å². The van der Waals surface area contributed by atoms with Gasteiger partial charge in [0.05, 0.1) is 0 Å². The lowest BCUT2D eigenvalue weighted by Gasteiger charge is -2.29. The summed E-state index contributed by atoms with van der Waals surface area (Å²) in [6.07, 6.45) is 0. The van der Waals surface area contributed by atoms with Gasteiger partial charge in [-0.2, -0.15) is 0 Å². The molecule has 0 aromatic heterocycles. The lowest BCUT2D eigenvalue weighted by atomic mass is 10.1. The van der Waals surface area contributed by atoms with Crippen LogP contribution < -0.4 is 10.1 Å². The molecule has 2 aromatic carbocycles. The van der Waals surface area contributed by atoms with E-state index in [9.17, 15) is 14.0 Å². The van der Waals surface area contributed by atoms with Gasteiger partial charge < -0.3 is 15.0 Å². The predicted molar refractivity (Wildman–Crippen MR) is 111 cm³/mol. The number of halogens is 1. The van der Waals surface area contributed by atoms with E-state index in [1.54, 1.807) is 31.2 Å². The summed E-state index contributed by atoms with van der Waals surface area (Å²) in [6.45, 7) is 7.76. The van der Waals surface area contributed by atoms with E-state index in [0.29, 0.717) is 17.9 Å². The van der Waals surface area contributed by atoms with Crippen molar-refractivity contribution in [1.29, 1.82) is 0 Å². The fraction of sp³-hybridized carbons (Fsp3) is 0.391. The van der Waals surface area contributed by atoms with Crippen LogP contribution in [0.3, 0.4) is 0 Å². The molecule has 0 heterocycles. The number of rotatable bonds is 9. The van der Waals surface area contributed by atoms with Gasteiger partial charge in [0.2, 0.25) is 5.91 Å². The second-order valence-electron chi connectivity index (χ2n) is 7.48. The van der Waals surface area contributed by atoms with Crippen molar-refractivity contribution in [3.63, 3.8) is 0 Å². The summed E-state index contributed by atoms with van der Waals surface area (Å²) in [5.74, 6) is -0.197. The Kier molecular flexibility index (Phi) is 8.19. The second kappa shape index (κ2) is 10.6. The maximum absolute atomic E-state index is 14.2. The fourth-order valence-corrected chi connectivity index (χ4v) is 2.79. The highest BCUT2D eigenvalue weighted by Gasteiger charge is 2.27. The van der Waals surface area contributed by atoms with Gasteiger partial charge in [0.25, 0.3) is 5.91 Å². The summed E-state index contributed by atoms with van der Waals surface area (Å²) >= 11 is 0. The SMILES string of the molecule is Cc1ccccc1OCC(=O)N(Cc1ccccc1F)[C@H](C)C(=O)NCC(C)C. The Morgan fingerprint density at radius 2 is 1.72 bits per heavy atom. The number of para-hydroxylation sites is 1. The van der Waals surface area contributed by atoms with E-state index in [4.69, 9.17) is 4.74 Å². The molecule has 0 saturated heterocycles. The van der Waals surface area contributed by atoms with E-state index < -0.39 is 11.9 Å². The fourth-order valence-electron chi connectivity index (χ4n) is 2.79. The molecule has 1 atom stereocenters. The summed E-state index contributed by atoms with van der Waals surface area (Å²) in [5.41, 5.74) is 1.25. The molecule has 0 saturated carbocycles. The largest absolute Gasteiger partial charge is 0.484 e. The number of aryl methyl sites for hydroxylation is 1. The number of carbonyl (C=O) groups excluding carboxylic acids is 2. The van der Waals surface area contributed by atoms with Gasteiger partial charge in [-0.1, -0.05) is 50.2 Å². The van der Waals surface area contributed by atoms with Crippen molar-refractivity contribution < 1.29 is 18.7 Å². The van der Waals surface area contributed by atoms with Gasteiger partial charge in [-0.3, -0.25) is 9.59 Å². The third-order valence-electron chi connectivity index (χ3n) is 4.60. The van der Waals surface area contributed by atoms with Crippen LogP contribution in [0.4, 0.5) is 4.39 Å². The van der Waals surface area contributed by atoms with Crippen LogP contribution in [0.25, 0.3) is 0 Å². The molecule has 2 amide bonds. The molecule has 5 nitrogen and oxygen atoms in total. The lowest BCUT2D eigenvalue weighted by Crippen LogP contribution is -2.49. The molecule has 156 valence electrons. The zero-order valence-electron chi connectivity index (χ0n) is 17.4. The third-order valence-corrected chi connectivity index (χ3v) is 4.60. The molecule has 0 radical (unpaired) electrons. The molecule has 0 aliphatic rings. The van der Waals surface area contributed by atoms with E-state index in [2.05, 4.69) is 5.32 Å². The zero-order chi connectivity index (χ0) is 21.4. The van der Waals surface area contributed by atoms with Crippen LogP contribution in [-0.4, -0.2) is 35.9 Å². The predicted octanol–water partition coefficient (Wildman–Crippen LogP) is 3.70. The Balaban J connectivity index is 2.16. The Morgan fingerprint density at radius 3 is 2.38 bits per heavy atom. The van der Waals surface area contributed by atoms with Crippen LogP contribution in [-0.2, 0) is 16.1 Å². The highest BCUT2D eigenvalue weighted by atomic mass is 19.1. The van der Waals surface area contributed by atoms with Crippen molar-refractivity contribution in [2.24, 2.45) is 5.92 Å². The van der Waals surface area contributed by atoms with Gasteiger partial charge in [-0.15, -0.1) is 0 Å². The van der Waals surface area contributed by atoms with Crippen LogP contribution in [0.1, 0.15) is 31.9 Å². The van der Waals surface area contributed by atoms with Gasteiger partial charge in [0.15, 0.2) is 6.61 Å². The number of amides is 2. The molecule has 1 N–H and O–H groups in total. The van der Waals surface area contributed by atoms with Crippen LogP contribution >= 0.6 is 0 Å². The Hall–Kier alpha value is -2.89. The van der Waals surface area contributed by atoms with Crippen LogP contribution in [0, 0.1) is 18.7 Å². The standard InChI is InChI=1S/C23H29FN2O3/c1-16(2)13-25-23(28)18(4)26(14-19-10-6-7-11-20(19)24)22(27)15-29-21-12-8-5-9-17(21)3/h5-12,16,18H,13-15H2,1-4H3,(H,25,28)/t18-/m1/s1. The minimum atomic E-state index is -0.763. The number of hydrogen-bond acceptors (Lipinski definition) is 3. The van der Waals surface area contributed by atoms with Gasteiger partial charge in [-0.05, 0) is 37.5 Å².